The zero-order chi connectivity index (χ0) is 13.9. The molecule has 0 saturated carbocycles. The van der Waals surface area contributed by atoms with E-state index in [-0.39, 0.29) is 0 Å². The zero-order valence-electron chi connectivity index (χ0n) is 10.9. The Labute approximate surface area is 119 Å². The SMILES string of the molecule is CNc1ncnc(Sc2nnc3ccccn23)c1OC. The minimum absolute atomic E-state index is 0.590. The molecule has 0 atom stereocenters. The van der Waals surface area contributed by atoms with Gasteiger partial charge in [-0.25, -0.2) is 9.97 Å². The first kappa shape index (κ1) is 12.7. The van der Waals surface area contributed by atoms with Crippen LogP contribution in [0.15, 0.2) is 40.9 Å². The van der Waals surface area contributed by atoms with Crippen LogP contribution >= 0.6 is 11.8 Å². The van der Waals surface area contributed by atoms with Crippen molar-refractivity contribution in [1.29, 1.82) is 0 Å². The van der Waals surface area contributed by atoms with Crippen LogP contribution in [-0.2, 0) is 0 Å². The van der Waals surface area contributed by atoms with Crippen molar-refractivity contribution in [2.24, 2.45) is 0 Å². The van der Waals surface area contributed by atoms with Crippen LogP contribution < -0.4 is 10.1 Å². The minimum Gasteiger partial charge on any atom is -0.490 e. The second kappa shape index (κ2) is 5.33. The molecule has 0 spiro atoms. The molecule has 7 nitrogen and oxygen atoms in total. The third kappa shape index (κ3) is 2.14. The van der Waals surface area contributed by atoms with Gasteiger partial charge in [0, 0.05) is 13.2 Å². The van der Waals surface area contributed by atoms with Gasteiger partial charge in [-0.1, -0.05) is 6.07 Å². The summed E-state index contributed by atoms with van der Waals surface area (Å²) in [7, 11) is 3.37. The van der Waals surface area contributed by atoms with Gasteiger partial charge in [0.15, 0.2) is 22.2 Å². The lowest BCUT2D eigenvalue weighted by molar-refractivity contribution is 0.400. The van der Waals surface area contributed by atoms with Gasteiger partial charge in [0.25, 0.3) is 0 Å². The predicted molar refractivity (Wildman–Crippen MR) is 75.2 cm³/mol. The number of rotatable bonds is 4. The van der Waals surface area contributed by atoms with Gasteiger partial charge < -0.3 is 10.1 Å². The Bertz CT molecular complexity index is 744. The Balaban J connectivity index is 2.03. The van der Waals surface area contributed by atoms with Crippen LogP contribution in [0.2, 0.25) is 0 Å². The van der Waals surface area contributed by atoms with Crippen LogP contribution in [0.5, 0.6) is 5.75 Å². The molecule has 3 aromatic rings. The van der Waals surface area contributed by atoms with E-state index in [0.717, 1.165) is 10.8 Å². The van der Waals surface area contributed by atoms with E-state index in [9.17, 15) is 0 Å². The van der Waals surface area contributed by atoms with Crippen LogP contribution in [0.4, 0.5) is 5.82 Å². The molecule has 0 amide bonds. The molecule has 0 unspecified atom stereocenters. The van der Waals surface area contributed by atoms with Gasteiger partial charge in [-0.3, -0.25) is 4.40 Å². The standard InChI is InChI=1S/C12H12N6OS/c1-13-10-9(19-2)11(15-7-14-10)20-12-17-16-8-5-3-4-6-18(8)12/h3-7H,1-2H3,(H,13,14,15). The molecule has 20 heavy (non-hydrogen) atoms. The van der Waals surface area contributed by atoms with Crippen LogP contribution in [0.1, 0.15) is 0 Å². The number of aromatic nitrogens is 5. The van der Waals surface area contributed by atoms with E-state index in [1.807, 2.05) is 28.8 Å². The van der Waals surface area contributed by atoms with Crippen molar-refractivity contribution >= 4 is 23.2 Å². The van der Waals surface area contributed by atoms with Crippen LogP contribution in [0.3, 0.4) is 0 Å². The number of fused-ring (bicyclic) bond motifs is 1. The number of pyridine rings is 1. The number of hydrogen-bond acceptors (Lipinski definition) is 7. The average molecular weight is 288 g/mol. The van der Waals surface area contributed by atoms with E-state index in [0.29, 0.717) is 16.6 Å². The Morgan fingerprint density at radius 1 is 1.25 bits per heavy atom. The van der Waals surface area contributed by atoms with Crippen molar-refractivity contribution in [3.63, 3.8) is 0 Å². The maximum absolute atomic E-state index is 5.36. The molecular weight excluding hydrogens is 276 g/mol. The first-order valence-electron chi connectivity index (χ1n) is 5.88. The zero-order valence-corrected chi connectivity index (χ0v) is 11.8. The third-order valence-corrected chi connectivity index (χ3v) is 3.63. The summed E-state index contributed by atoms with van der Waals surface area (Å²) in [6, 6.07) is 5.74. The Morgan fingerprint density at radius 2 is 2.15 bits per heavy atom. The van der Waals surface area contributed by atoms with Gasteiger partial charge in [0.2, 0.25) is 5.16 Å². The molecule has 0 aliphatic carbocycles. The first-order chi connectivity index (χ1) is 9.83. The third-order valence-electron chi connectivity index (χ3n) is 2.68. The van der Waals surface area contributed by atoms with Crippen molar-refractivity contribution in [2.45, 2.75) is 10.2 Å². The number of nitrogens with zero attached hydrogens (tertiary/aromatic N) is 5. The summed E-state index contributed by atoms with van der Waals surface area (Å²) in [5.41, 5.74) is 0.789. The Kier molecular flexibility index (Phi) is 3.38. The molecule has 3 heterocycles. The number of anilines is 1. The summed E-state index contributed by atoms with van der Waals surface area (Å²) in [5, 5.41) is 12.6. The molecule has 0 aromatic carbocycles. The topological polar surface area (TPSA) is 77.2 Å². The van der Waals surface area contributed by atoms with E-state index < -0.39 is 0 Å². The van der Waals surface area contributed by atoms with Crippen LogP contribution in [-0.4, -0.2) is 38.7 Å². The molecule has 3 rings (SSSR count). The maximum Gasteiger partial charge on any atom is 0.202 e. The molecule has 0 aliphatic rings. The lowest BCUT2D eigenvalue weighted by Crippen LogP contribution is -2.00. The molecule has 0 radical (unpaired) electrons. The van der Waals surface area contributed by atoms with Gasteiger partial charge in [0.05, 0.1) is 7.11 Å². The molecular formula is C12H12N6OS. The summed E-state index contributed by atoms with van der Waals surface area (Å²) in [6.45, 7) is 0. The fraction of sp³-hybridized carbons (Fsp3) is 0.167. The minimum atomic E-state index is 0.590. The molecule has 0 saturated heterocycles. The molecule has 0 fully saturated rings. The molecule has 8 heteroatoms. The van der Waals surface area contributed by atoms with Crippen molar-refractivity contribution in [1.82, 2.24) is 24.6 Å². The lowest BCUT2D eigenvalue weighted by Gasteiger charge is -2.09. The molecule has 0 aliphatic heterocycles. The molecule has 102 valence electrons. The summed E-state index contributed by atoms with van der Waals surface area (Å²) in [6.07, 6.45) is 3.39. The van der Waals surface area contributed by atoms with Gasteiger partial charge in [-0.2, -0.15) is 0 Å². The van der Waals surface area contributed by atoms with Crippen molar-refractivity contribution in [3.05, 3.63) is 30.7 Å². The Hall–Kier alpha value is -2.35. The number of methoxy groups -OCH3 is 1. The first-order valence-corrected chi connectivity index (χ1v) is 6.69. The largest absolute Gasteiger partial charge is 0.490 e. The van der Waals surface area contributed by atoms with Gasteiger partial charge in [-0.15, -0.1) is 10.2 Å². The summed E-state index contributed by atoms with van der Waals surface area (Å²) in [4.78, 5) is 8.36. The van der Waals surface area contributed by atoms with Crippen molar-refractivity contribution in [2.75, 3.05) is 19.5 Å². The second-order valence-corrected chi connectivity index (χ2v) is 4.78. The van der Waals surface area contributed by atoms with Crippen molar-refractivity contribution < 1.29 is 4.74 Å². The normalized spacial score (nSPS) is 10.7. The van der Waals surface area contributed by atoms with Crippen LogP contribution in [0, 0.1) is 0 Å². The highest BCUT2D eigenvalue weighted by atomic mass is 32.2. The van der Waals surface area contributed by atoms with Crippen molar-refractivity contribution in [3.8, 4) is 5.75 Å². The predicted octanol–water partition coefficient (Wildman–Crippen LogP) is 1.72. The molecule has 1 N–H and O–H groups in total. The highest BCUT2D eigenvalue weighted by Gasteiger charge is 2.15. The van der Waals surface area contributed by atoms with E-state index in [4.69, 9.17) is 4.74 Å². The smallest absolute Gasteiger partial charge is 0.202 e. The number of nitrogens with one attached hydrogen (secondary N) is 1. The fourth-order valence-corrected chi connectivity index (χ4v) is 2.65. The van der Waals surface area contributed by atoms with Gasteiger partial charge in [0.1, 0.15) is 6.33 Å². The van der Waals surface area contributed by atoms with Crippen LogP contribution in [0.25, 0.3) is 5.65 Å². The highest BCUT2D eigenvalue weighted by Crippen LogP contribution is 2.35. The second-order valence-electron chi connectivity index (χ2n) is 3.82. The van der Waals surface area contributed by atoms with E-state index >= 15 is 0 Å². The molecule has 0 bridgehead atoms. The maximum atomic E-state index is 5.36. The van der Waals surface area contributed by atoms with E-state index in [2.05, 4.69) is 25.5 Å². The number of ether oxygens (including phenoxy) is 1. The number of hydrogen-bond donors (Lipinski definition) is 1. The fourth-order valence-electron chi connectivity index (χ4n) is 1.77. The van der Waals surface area contributed by atoms with E-state index in [1.165, 1.54) is 18.1 Å². The quantitative estimate of drug-likeness (QED) is 0.732. The van der Waals surface area contributed by atoms with E-state index in [1.54, 1.807) is 14.2 Å². The van der Waals surface area contributed by atoms with Gasteiger partial charge in [-0.05, 0) is 23.9 Å². The summed E-state index contributed by atoms with van der Waals surface area (Å²) >= 11 is 1.38. The Morgan fingerprint density at radius 3 is 2.95 bits per heavy atom. The monoisotopic (exact) mass is 288 g/mol. The van der Waals surface area contributed by atoms with Gasteiger partial charge >= 0.3 is 0 Å². The average Bonchev–Trinajstić information content (AvgIpc) is 2.90. The highest BCUT2D eigenvalue weighted by molar-refractivity contribution is 7.99. The summed E-state index contributed by atoms with van der Waals surface area (Å²) < 4.78 is 7.26. The lowest BCUT2D eigenvalue weighted by atomic mass is 10.5. The molecule has 3 aromatic heterocycles. The summed E-state index contributed by atoms with van der Waals surface area (Å²) in [5.74, 6) is 1.23.